The summed E-state index contributed by atoms with van der Waals surface area (Å²) >= 11 is 0. The number of aryl methyl sites for hydroxylation is 1. The average Bonchev–Trinajstić information content (AvgIpc) is 2.91. The molecular weight excluding hydrogens is 274 g/mol. The van der Waals surface area contributed by atoms with Gasteiger partial charge in [-0.25, -0.2) is 8.42 Å². The molecule has 0 unspecified atom stereocenters. The molecule has 1 aromatic carbocycles. The van der Waals surface area contributed by atoms with Gasteiger partial charge in [0.1, 0.15) is 0 Å². The molecule has 1 aromatic rings. The first-order valence-electron chi connectivity index (χ1n) is 7.13. The third-order valence-electron chi connectivity index (χ3n) is 3.31. The van der Waals surface area contributed by atoms with E-state index in [1.807, 2.05) is 32.9 Å². The number of nitrogens with zero attached hydrogens (tertiary/aromatic N) is 1. The van der Waals surface area contributed by atoms with Crippen molar-refractivity contribution in [2.75, 3.05) is 20.3 Å². The molecule has 1 aliphatic heterocycles. The number of benzene rings is 1. The highest BCUT2D eigenvalue weighted by atomic mass is 32.2. The van der Waals surface area contributed by atoms with Gasteiger partial charge in [-0.2, -0.15) is 4.31 Å². The smallest absolute Gasteiger partial charge is 0.243 e. The van der Waals surface area contributed by atoms with Crippen molar-refractivity contribution < 1.29 is 13.2 Å². The fourth-order valence-electron chi connectivity index (χ4n) is 2.33. The quantitative estimate of drug-likeness (QED) is 0.859. The Morgan fingerprint density at radius 3 is 2.40 bits per heavy atom. The van der Waals surface area contributed by atoms with E-state index in [2.05, 4.69) is 0 Å². The van der Waals surface area contributed by atoms with E-state index in [0.717, 1.165) is 18.4 Å². The number of methoxy groups -OCH3 is 1. The second-order valence-electron chi connectivity index (χ2n) is 4.68. The zero-order chi connectivity index (χ0) is 15.2. The van der Waals surface area contributed by atoms with Gasteiger partial charge in [0.25, 0.3) is 0 Å². The van der Waals surface area contributed by atoms with E-state index in [9.17, 15) is 8.42 Å². The summed E-state index contributed by atoms with van der Waals surface area (Å²) in [7, 11) is -1.77. The van der Waals surface area contributed by atoms with Crippen molar-refractivity contribution in [3.63, 3.8) is 0 Å². The van der Waals surface area contributed by atoms with Gasteiger partial charge >= 0.3 is 0 Å². The van der Waals surface area contributed by atoms with E-state index in [0.29, 0.717) is 18.0 Å². The Morgan fingerprint density at radius 1 is 1.25 bits per heavy atom. The molecule has 0 aromatic heterocycles. The Hall–Kier alpha value is -0.910. The predicted molar refractivity (Wildman–Crippen MR) is 81.3 cm³/mol. The molecule has 2 rings (SSSR count). The van der Waals surface area contributed by atoms with Crippen LogP contribution in [0.2, 0.25) is 0 Å². The number of hydrogen-bond acceptors (Lipinski definition) is 3. The minimum absolute atomic E-state index is 0.0266. The van der Waals surface area contributed by atoms with Gasteiger partial charge in [-0.15, -0.1) is 0 Å². The summed E-state index contributed by atoms with van der Waals surface area (Å²) in [6, 6.07) is 6.98. The normalized spacial score (nSPS) is 19.5. The Labute approximate surface area is 122 Å². The third-order valence-corrected chi connectivity index (χ3v) is 5.28. The van der Waals surface area contributed by atoms with Gasteiger partial charge in [-0.05, 0) is 31.9 Å². The summed E-state index contributed by atoms with van der Waals surface area (Å²) in [6.45, 7) is 7.00. The summed E-state index contributed by atoms with van der Waals surface area (Å²) in [5, 5.41) is 0. The summed E-state index contributed by atoms with van der Waals surface area (Å²) < 4.78 is 31.7. The molecule has 1 aliphatic rings. The number of sulfonamides is 1. The zero-order valence-corrected chi connectivity index (χ0v) is 13.6. The van der Waals surface area contributed by atoms with Crippen LogP contribution in [0.3, 0.4) is 0 Å². The summed E-state index contributed by atoms with van der Waals surface area (Å²) in [5.41, 5.74) is 1.06. The molecule has 0 bridgehead atoms. The molecule has 20 heavy (non-hydrogen) atoms. The fraction of sp³-hybridized carbons (Fsp3) is 0.600. The molecule has 0 aliphatic carbocycles. The Morgan fingerprint density at radius 2 is 1.85 bits per heavy atom. The standard InChI is InChI=1S/C13H19NO3S.C2H6/c1-11-5-7-13(8-6-11)18(15,16)14-9-3-4-12(14)10-17-2;1-2/h5-8,12H,3-4,9-10H2,1-2H3;1-2H3/t12-;/m1./s1. The molecule has 1 saturated heterocycles. The predicted octanol–water partition coefficient (Wildman–Crippen LogP) is 2.82. The van der Waals surface area contributed by atoms with E-state index in [1.54, 1.807) is 23.5 Å². The lowest BCUT2D eigenvalue weighted by atomic mass is 10.2. The van der Waals surface area contributed by atoms with Crippen LogP contribution in [0.1, 0.15) is 32.3 Å². The SMILES string of the molecule is CC.COC[C@H]1CCCN1S(=O)(=O)c1ccc(C)cc1. The lowest BCUT2D eigenvalue weighted by molar-refractivity contribution is 0.149. The fourth-order valence-corrected chi connectivity index (χ4v) is 4.01. The van der Waals surface area contributed by atoms with Crippen molar-refractivity contribution >= 4 is 10.0 Å². The van der Waals surface area contributed by atoms with Crippen LogP contribution in [0, 0.1) is 6.92 Å². The lowest BCUT2D eigenvalue weighted by Gasteiger charge is -2.23. The van der Waals surface area contributed by atoms with Crippen LogP contribution in [0.15, 0.2) is 29.2 Å². The average molecular weight is 299 g/mol. The molecule has 0 spiro atoms. The molecule has 1 atom stereocenters. The zero-order valence-electron chi connectivity index (χ0n) is 12.8. The van der Waals surface area contributed by atoms with Crippen LogP contribution >= 0.6 is 0 Å². The molecule has 0 saturated carbocycles. The molecule has 0 radical (unpaired) electrons. The van der Waals surface area contributed by atoms with Crippen LogP contribution in [-0.4, -0.2) is 39.0 Å². The van der Waals surface area contributed by atoms with Crippen molar-refractivity contribution in [3.05, 3.63) is 29.8 Å². The van der Waals surface area contributed by atoms with Gasteiger partial charge in [0.15, 0.2) is 0 Å². The van der Waals surface area contributed by atoms with Crippen LogP contribution in [0.25, 0.3) is 0 Å². The summed E-state index contributed by atoms with van der Waals surface area (Å²) in [4.78, 5) is 0.371. The highest BCUT2D eigenvalue weighted by Crippen LogP contribution is 2.26. The van der Waals surface area contributed by atoms with E-state index < -0.39 is 10.0 Å². The topological polar surface area (TPSA) is 46.6 Å². The molecule has 0 N–H and O–H groups in total. The van der Waals surface area contributed by atoms with Crippen LogP contribution < -0.4 is 0 Å². The van der Waals surface area contributed by atoms with E-state index in [1.165, 1.54) is 0 Å². The first-order chi connectivity index (χ1) is 9.55. The van der Waals surface area contributed by atoms with Crippen molar-refractivity contribution in [1.82, 2.24) is 4.31 Å². The third kappa shape index (κ3) is 3.81. The minimum Gasteiger partial charge on any atom is -0.383 e. The van der Waals surface area contributed by atoms with Crippen molar-refractivity contribution in [1.29, 1.82) is 0 Å². The van der Waals surface area contributed by atoms with Crippen molar-refractivity contribution in [2.24, 2.45) is 0 Å². The summed E-state index contributed by atoms with van der Waals surface area (Å²) in [6.07, 6.45) is 1.78. The Balaban J connectivity index is 0.000000956. The maximum absolute atomic E-state index is 12.5. The van der Waals surface area contributed by atoms with Gasteiger partial charge in [0.2, 0.25) is 10.0 Å². The van der Waals surface area contributed by atoms with E-state index in [-0.39, 0.29) is 6.04 Å². The molecule has 1 fully saturated rings. The van der Waals surface area contributed by atoms with Crippen molar-refractivity contribution in [2.45, 2.75) is 44.6 Å². The highest BCUT2D eigenvalue weighted by Gasteiger charge is 2.34. The minimum atomic E-state index is -3.37. The number of ether oxygens (including phenoxy) is 1. The Kier molecular flexibility index (Phi) is 6.65. The van der Waals surface area contributed by atoms with Gasteiger partial charge in [-0.1, -0.05) is 31.5 Å². The number of hydrogen-bond donors (Lipinski definition) is 0. The van der Waals surface area contributed by atoms with Gasteiger partial charge < -0.3 is 4.74 Å². The molecule has 4 nitrogen and oxygen atoms in total. The molecule has 5 heteroatoms. The molecule has 1 heterocycles. The molecule has 0 amide bonds. The van der Waals surface area contributed by atoms with E-state index in [4.69, 9.17) is 4.74 Å². The van der Waals surface area contributed by atoms with Crippen LogP contribution in [0.4, 0.5) is 0 Å². The van der Waals surface area contributed by atoms with Crippen LogP contribution in [0.5, 0.6) is 0 Å². The number of rotatable bonds is 4. The monoisotopic (exact) mass is 299 g/mol. The van der Waals surface area contributed by atoms with Gasteiger partial charge in [-0.3, -0.25) is 0 Å². The second-order valence-corrected chi connectivity index (χ2v) is 6.57. The largest absolute Gasteiger partial charge is 0.383 e. The Bertz CT molecular complexity index is 496. The first kappa shape index (κ1) is 17.1. The highest BCUT2D eigenvalue weighted by molar-refractivity contribution is 7.89. The molecule has 114 valence electrons. The maximum atomic E-state index is 12.5. The second kappa shape index (κ2) is 7.76. The first-order valence-corrected chi connectivity index (χ1v) is 8.57. The van der Waals surface area contributed by atoms with Gasteiger partial charge in [0, 0.05) is 19.7 Å². The van der Waals surface area contributed by atoms with Gasteiger partial charge in [0.05, 0.1) is 11.5 Å². The summed E-state index contributed by atoms with van der Waals surface area (Å²) in [5.74, 6) is 0. The lowest BCUT2D eigenvalue weighted by Crippen LogP contribution is -2.38. The van der Waals surface area contributed by atoms with Crippen LogP contribution in [-0.2, 0) is 14.8 Å². The van der Waals surface area contributed by atoms with E-state index >= 15 is 0 Å². The molecular formula is C15H25NO3S. The van der Waals surface area contributed by atoms with Crippen molar-refractivity contribution in [3.8, 4) is 0 Å². The maximum Gasteiger partial charge on any atom is 0.243 e.